The molecule has 38 valence electrons. The van der Waals surface area contributed by atoms with Gasteiger partial charge in [0.25, 0.3) is 0 Å². The summed E-state index contributed by atoms with van der Waals surface area (Å²) in [5, 5.41) is 0. The molecule has 0 aliphatic carbocycles. The van der Waals surface area contributed by atoms with E-state index in [0.717, 1.165) is 12.1 Å². The van der Waals surface area contributed by atoms with Crippen LogP contribution in [0.1, 0.15) is 12.6 Å². The van der Waals surface area contributed by atoms with Crippen LogP contribution in [0.5, 0.6) is 0 Å². The largest absolute Gasteiger partial charge is 1.00 e. The van der Waals surface area contributed by atoms with Gasteiger partial charge in [-0.15, -0.1) is 0 Å². The Bertz CT molecular complexity index is 125. The van der Waals surface area contributed by atoms with Crippen LogP contribution in [0.25, 0.3) is 0 Å². The molecule has 0 spiro atoms. The Kier molecular flexibility index (Phi) is 5.47. The molecule has 0 N–H and O–H groups in total. The molecule has 1 aromatic heterocycles. The number of aryl methyl sites for hydroxylation is 1. The summed E-state index contributed by atoms with van der Waals surface area (Å²) in [7, 11) is 0. The van der Waals surface area contributed by atoms with Crippen molar-refractivity contribution in [3.05, 3.63) is 18.2 Å². The quantitative estimate of drug-likeness (QED) is 0.482. The van der Waals surface area contributed by atoms with E-state index in [1.165, 1.54) is 0 Å². The van der Waals surface area contributed by atoms with Gasteiger partial charge >= 0.3 is 58.2 Å². The van der Waals surface area contributed by atoms with E-state index in [1.807, 2.05) is 0 Å². The molecule has 0 saturated heterocycles. The fraction of sp³-hybridized carbons (Fsp3) is 0.400. The summed E-state index contributed by atoms with van der Waals surface area (Å²) < 4.78 is 0. The van der Waals surface area contributed by atoms with Crippen LogP contribution in [0.2, 0.25) is 0 Å². The summed E-state index contributed by atoms with van der Waals surface area (Å²) in [5.74, 6) is 0. The van der Waals surface area contributed by atoms with E-state index in [9.17, 15) is 0 Å². The van der Waals surface area contributed by atoms with Crippen LogP contribution in [-0.4, -0.2) is 4.98 Å². The van der Waals surface area contributed by atoms with E-state index in [-0.39, 0.29) is 58.2 Å². The predicted molar refractivity (Wildman–Crippen MR) is 26.9 cm³/mol. The molecule has 0 atom stereocenters. The number of nitrogens with zero attached hydrogens (tertiary/aromatic N) is 2. The summed E-state index contributed by atoms with van der Waals surface area (Å²) in [6.07, 6.45) is 4.33. The van der Waals surface area contributed by atoms with Gasteiger partial charge in [0, 0.05) is 0 Å². The number of hydrogen-bond donors (Lipinski definition) is 0. The molecule has 0 unspecified atom stereocenters. The molecule has 0 saturated carbocycles. The molecule has 0 bridgehead atoms. The van der Waals surface area contributed by atoms with Crippen LogP contribution in [0.4, 0.5) is 0 Å². The smallest absolute Gasteiger partial charge is 0.450 e. The first-order valence-electron chi connectivity index (χ1n) is 2.35. The molecule has 1 aromatic rings. The zero-order valence-corrected chi connectivity index (χ0v) is 10.2. The summed E-state index contributed by atoms with van der Waals surface area (Å²) in [6, 6.07) is 0. The second kappa shape index (κ2) is 4.85. The molecule has 8 heavy (non-hydrogen) atoms. The predicted octanol–water partition coefficient (Wildman–Crippen LogP) is -2.39. The Hall–Kier alpha value is 1.02. The minimum Gasteiger partial charge on any atom is -0.450 e. The van der Waals surface area contributed by atoms with Crippen LogP contribution >= 0.6 is 0 Å². The van der Waals surface area contributed by atoms with Crippen molar-refractivity contribution in [1.29, 1.82) is 0 Å². The first kappa shape index (κ1) is 9.02. The van der Waals surface area contributed by atoms with Gasteiger partial charge in [-0.25, -0.2) is 0 Å². The molecule has 3 heteroatoms. The molecule has 1 heterocycles. The van der Waals surface area contributed by atoms with Crippen molar-refractivity contribution >= 4 is 0 Å². The zero-order chi connectivity index (χ0) is 5.11. The number of hydrogen-bond acceptors (Lipinski definition) is 1. The van der Waals surface area contributed by atoms with Gasteiger partial charge in [-0.2, -0.15) is 0 Å². The third kappa shape index (κ3) is 2.53. The Balaban J connectivity index is 0.000000490. The molecule has 0 aliphatic heterocycles. The van der Waals surface area contributed by atoms with Gasteiger partial charge in [-0.05, 0) is 6.42 Å². The molecule has 0 aliphatic rings. The van der Waals surface area contributed by atoms with Crippen molar-refractivity contribution in [3.63, 3.8) is 0 Å². The van der Waals surface area contributed by atoms with Gasteiger partial charge in [-0.1, -0.05) is 25.1 Å². The topological polar surface area (TPSA) is 27.0 Å². The van der Waals surface area contributed by atoms with Gasteiger partial charge in [-0.3, -0.25) is 0 Å². The molecule has 0 aromatic carbocycles. The van der Waals surface area contributed by atoms with E-state index in [0.29, 0.717) is 0 Å². The maximum absolute atomic E-state index is 3.92. The third-order valence-electron chi connectivity index (χ3n) is 0.876. The monoisotopic (exact) mass is 180 g/mol. The van der Waals surface area contributed by atoms with Crippen molar-refractivity contribution in [2.24, 2.45) is 0 Å². The van der Waals surface area contributed by atoms with Crippen LogP contribution < -0.4 is 63.2 Å². The number of imidazole rings is 1. The van der Waals surface area contributed by atoms with Gasteiger partial charge in [0.05, 0.1) is 0 Å². The van der Waals surface area contributed by atoms with Crippen LogP contribution in [-0.2, 0) is 6.42 Å². The molecular formula is C5H7N2Rb. The van der Waals surface area contributed by atoms with E-state index < -0.39 is 0 Å². The number of rotatable bonds is 1. The van der Waals surface area contributed by atoms with E-state index in [2.05, 4.69) is 16.9 Å². The summed E-state index contributed by atoms with van der Waals surface area (Å²) in [4.78, 5) is 7.71. The first-order chi connectivity index (χ1) is 3.43. The maximum atomic E-state index is 3.92. The molecule has 0 radical (unpaired) electrons. The molecule has 2 nitrogen and oxygen atoms in total. The molecule has 0 fully saturated rings. The van der Waals surface area contributed by atoms with Crippen molar-refractivity contribution in [2.45, 2.75) is 13.3 Å². The Morgan fingerprint density at radius 1 is 1.75 bits per heavy atom. The average molecular weight is 181 g/mol. The van der Waals surface area contributed by atoms with Gasteiger partial charge in [0.2, 0.25) is 0 Å². The Morgan fingerprint density at radius 3 is 2.75 bits per heavy atom. The fourth-order valence-corrected chi connectivity index (χ4v) is 0.443. The minimum atomic E-state index is 0. The molecule has 0 amide bonds. The summed E-state index contributed by atoms with van der Waals surface area (Å²) in [5.41, 5.74) is 1.07. The Labute approximate surface area is 97.9 Å². The van der Waals surface area contributed by atoms with Crippen LogP contribution in [0, 0.1) is 0 Å². The SMILES string of the molecule is CCc1cnc[n-]1.[Rb+]. The van der Waals surface area contributed by atoms with Gasteiger partial charge in [0.1, 0.15) is 0 Å². The second-order valence-electron chi connectivity index (χ2n) is 1.37. The fourth-order valence-electron chi connectivity index (χ4n) is 0.443. The zero-order valence-electron chi connectivity index (χ0n) is 5.26. The van der Waals surface area contributed by atoms with Crippen molar-refractivity contribution in [3.8, 4) is 0 Å². The van der Waals surface area contributed by atoms with Gasteiger partial charge < -0.3 is 9.97 Å². The normalized spacial score (nSPS) is 8.12. The van der Waals surface area contributed by atoms with E-state index in [4.69, 9.17) is 0 Å². The van der Waals surface area contributed by atoms with Crippen LogP contribution in [0.3, 0.4) is 0 Å². The maximum Gasteiger partial charge on any atom is 1.00 e. The van der Waals surface area contributed by atoms with E-state index in [1.54, 1.807) is 12.5 Å². The van der Waals surface area contributed by atoms with Crippen LogP contribution in [0.15, 0.2) is 12.5 Å². The summed E-state index contributed by atoms with van der Waals surface area (Å²) >= 11 is 0. The van der Waals surface area contributed by atoms with Crippen molar-refractivity contribution in [2.75, 3.05) is 0 Å². The number of aromatic nitrogens is 2. The minimum absolute atomic E-state index is 0. The third-order valence-corrected chi connectivity index (χ3v) is 0.876. The molecule has 1 rings (SSSR count). The van der Waals surface area contributed by atoms with Gasteiger partial charge in [0.15, 0.2) is 0 Å². The second-order valence-corrected chi connectivity index (χ2v) is 1.37. The summed E-state index contributed by atoms with van der Waals surface area (Å²) in [6.45, 7) is 2.06. The average Bonchev–Trinajstić information content (AvgIpc) is 2.14. The van der Waals surface area contributed by atoms with Crippen molar-refractivity contribution in [1.82, 2.24) is 9.97 Å². The standard InChI is InChI=1S/C5H7N2.Rb/c1-2-5-3-6-4-7-5;/h3-4H,2H2,1H3;/q-1;+1. The van der Waals surface area contributed by atoms with E-state index >= 15 is 0 Å². The molecular weight excluding hydrogens is 174 g/mol. The van der Waals surface area contributed by atoms with Crippen molar-refractivity contribution < 1.29 is 58.2 Å². The Morgan fingerprint density at radius 2 is 2.50 bits per heavy atom. The first-order valence-corrected chi connectivity index (χ1v) is 2.35.